The Kier molecular flexibility index (Phi) is 8.40. The van der Waals surface area contributed by atoms with E-state index in [2.05, 4.69) is 18.7 Å². The Morgan fingerprint density at radius 2 is 1.82 bits per heavy atom. The summed E-state index contributed by atoms with van der Waals surface area (Å²) in [7, 11) is 0. The van der Waals surface area contributed by atoms with Crippen LogP contribution in [0.3, 0.4) is 0 Å². The lowest BCUT2D eigenvalue weighted by Gasteiger charge is -2.47. The molecular formula is C18H36N2O2. The summed E-state index contributed by atoms with van der Waals surface area (Å²) in [6, 6.07) is 0. The predicted molar refractivity (Wildman–Crippen MR) is 92.0 cm³/mol. The molecule has 4 nitrogen and oxygen atoms in total. The van der Waals surface area contributed by atoms with Crippen molar-refractivity contribution in [3.05, 3.63) is 0 Å². The Balaban J connectivity index is 0.00000116. The van der Waals surface area contributed by atoms with E-state index in [-0.39, 0.29) is 11.5 Å². The van der Waals surface area contributed by atoms with Crippen LogP contribution in [0.2, 0.25) is 0 Å². The van der Waals surface area contributed by atoms with Crippen LogP contribution in [0.25, 0.3) is 0 Å². The molecule has 4 heteroatoms. The molecule has 2 fully saturated rings. The number of nitrogens with zero attached hydrogens (tertiary/aromatic N) is 2. The Labute approximate surface area is 137 Å². The minimum absolute atomic E-state index is 0.0159. The number of morpholine rings is 1. The highest BCUT2D eigenvalue weighted by Gasteiger charge is 2.39. The number of carbonyl (C=O) groups is 1. The molecule has 2 heterocycles. The van der Waals surface area contributed by atoms with Crippen molar-refractivity contribution in [3.8, 4) is 0 Å². The van der Waals surface area contributed by atoms with Gasteiger partial charge in [0.15, 0.2) is 0 Å². The molecule has 2 saturated heterocycles. The number of hydrogen-bond acceptors (Lipinski definition) is 3. The zero-order chi connectivity index (χ0) is 16.6. The third-order valence-electron chi connectivity index (χ3n) is 4.70. The fourth-order valence-electron chi connectivity index (χ4n) is 3.37. The standard InChI is InChI=1S/C16H30N2O2.C2H6/c1-14(2)5-4-8-17-11-12-20-16(13-17)6-9-18(10-7-16)15(3)19;1-2/h14H,4-13H2,1-3H3;1-2H3. The molecular weight excluding hydrogens is 276 g/mol. The van der Waals surface area contributed by atoms with Crippen molar-refractivity contribution < 1.29 is 9.53 Å². The zero-order valence-corrected chi connectivity index (χ0v) is 15.4. The molecule has 2 aliphatic rings. The minimum atomic E-state index is 0.0159. The fourth-order valence-corrected chi connectivity index (χ4v) is 3.37. The molecule has 0 aliphatic carbocycles. The number of carbonyl (C=O) groups excluding carboxylic acids is 1. The number of likely N-dealkylation sites (tertiary alicyclic amines) is 1. The van der Waals surface area contributed by atoms with Gasteiger partial charge in [-0.05, 0) is 38.1 Å². The summed E-state index contributed by atoms with van der Waals surface area (Å²) in [6.45, 7) is 16.1. The van der Waals surface area contributed by atoms with E-state index in [4.69, 9.17) is 4.74 Å². The normalized spacial score (nSPS) is 21.6. The number of ether oxygens (including phenoxy) is 1. The zero-order valence-electron chi connectivity index (χ0n) is 15.4. The quantitative estimate of drug-likeness (QED) is 0.799. The van der Waals surface area contributed by atoms with E-state index in [1.165, 1.54) is 19.4 Å². The maximum Gasteiger partial charge on any atom is 0.219 e. The van der Waals surface area contributed by atoms with Crippen LogP contribution in [0.4, 0.5) is 0 Å². The molecule has 0 atom stereocenters. The van der Waals surface area contributed by atoms with Crippen molar-refractivity contribution in [2.24, 2.45) is 5.92 Å². The Hall–Kier alpha value is -0.610. The molecule has 0 unspecified atom stereocenters. The first-order valence-corrected chi connectivity index (χ1v) is 9.13. The second-order valence-corrected chi connectivity index (χ2v) is 6.85. The van der Waals surface area contributed by atoms with Crippen LogP contribution < -0.4 is 0 Å². The fraction of sp³-hybridized carbons (Fsp3) is 0.944. The molecule has 0 aromatic rings. The van der Waals surface area contributed by atoms with Crippen LogP contribution in [0.5, 0.6) is 0 Å². The molecule has 1 amide bonds. The van der Waals surface area contributed by atoms with Gasteiger partial charge in [0.2, 0.25) is 5.91 Å². The molecule has 0 bridgehead atoms. The average Bonchev–Trinajstić information content (AvgIpc) is 2.49. The van der Waals surface area contributed by atoms with Gasteiger partial charge in [0, 0.05) is 33.1 Å². The van der Waals surface area contributed by atoms with Gasteiger partial charge in [0.25, 0.3) is 0 Å². The van der Waals surface area contributed by atoms with Gasteiger partial charge in [-0.3, -0.25) is 9.69 Å². The predicted octanol–water partition coefficient (Wildman–Crippen LogP) is 3.16. The van der Waals surface area contributed by atoms with E-state index in [0.29, 0.717) is 0 Å². The molecule has 0 N–H and O–H groups in total. The average molecular weight is 312 g/mol. The first-order chi connectivity index (χ1) is 10.5. The van der Waals surface area contributed by atoms with Crippen LogP contribution in [0.15, 0.2) is 0 Å². The van der Waals surface area contributed by atoms with E-state index in [0.717, 1.165) is 51.5 Å². The third kappa shape index (κ3) is 5.88. The first kappa shape index (κ1) is 19.4. The van der Waals surface area contributed by atoms with E-state index in [1.807, 2.05) is 18.7 Å². The molecule has 2 rings (SSSR count). The highest BCUT2D eigenvalue weighted by atomic mass is 16.5. The van der Waals surface area contributed by atoms with Gasteiger partial charge in [-0.2, -0.15) is 0 Å². The Bertz CT molecular complexity index is 323. The molecule has 0 aromatic carbocycles. The van der Waals surface area contributed by atoms with Gasteiger partial charge in [0.05, 0.1) is 12.2 Å². The van der Waals surface area contributed by atoms with E-state index in [1.54, 1.807) is 6.92 Å². The summed E-state index contributed by atoms with van der Waals surface area (Å²) in [5, 5.41) is 0. The van der Waals surface area contributed by atoms with Crippen molar-refractivity contribution in [1.82, 2.24) is 9.80 Å². The van der Waals surface area contributed by atoms with E-state index >= 15 is 0 Å². The molecule has 0 aromatic heterocycles. The van der Waals surface area contributed by atoms with Crippen LogP contribution in [-0.2, 0) is 9.53 Å². The van der Waals surface area contributed by atoms with E-state index in [9.17, 15) is 4.79 Å². The topological polar surface area (TPSA) is 32.8 Å². The summed E-state index contributed by atoms with van der Waals surface area (Å²) < 4.78 is 6.11. The van der Waals surface area contributed by atoms with Crippen LogP contribution >= 0.6 is 0 Å². The molecule has 130 valence electrons. The Morgan fingerprint density at radius 1 is 1.18 bits per heavy atom. The van der Waals surface area contributed by atoms with E-state index < -0.39 is 0 Å². The van der Waals surface area contributed by atoms with Crippen LogP contribution in [0.1, 0.15) is 60.3 Å². The molecule has 0 radical (unpaired) electrons. The lowest BCUT2D eigenvalue weighted by atomic mass is 9.89. The minimum Gasteiger partial charge on any atom is -0.372 e. The smallest absolute Gasteiger partial charge is 0.219 e. The summed E-state index contributed by atoms with van der Waals surface area (Å²) in [5.74, 6) is 0.994. The molecule has 0 saturated carbocycles. The summed E-state index contributed by atoms with van der Waals surface area (Å²) in [4.78, 5) is 15.9. The Morgan fingerprint density at radius 3 is 2.36 bits per heavy atom. The number of piperidine rings is 1. The third-order valence-corrected chi connectivity index (χ3v) is 4.70. The van der Waals surface area contributed by atoms with Crippen LogP contribution in [0, 0.1) is 5.92 Å². The summed E-state index contributed by atoms with van der Waals surface area (Å²) in [6.07, 6.45) is 4.58. The van der Waals surface area contributed by atoms with Gasteiger partial charge in [-0.1, -0.05) is 27.7 Å². The van der Waals surface area contributed by atoms with Gasteiger partial charge >= 0.3 is 0 Å². The molecule has 22 heavy (non-hydrogen) atoms. The highest BCUT2D eigenvalue weighted by molar-refractivity contribution is 5.73. The summed E-state index contributed by atoms with van der Waals surface area (Å²) in [5.41, 5.74) is 0.0159. The van der Waals surface area contributed by atoms with Crippen molar-refractivity contribution in [3.63, 3.8) is 0 Å². The van der Waals surface area contributed by atoms with Gasteiger partial charge in [-0.25, -0.2) is 0 Å². The summed E-state index contributed by atoms with van der Waals surface area (Å²) >= 11 is 0. The molecule has 2 aliphatic heterocycles. The van der Waals surface area contributed by atoms with Gasteiger partial charge < -0.3 is 9.64 Å². The van der Waals surface area contributed by atoms with Crippen molar-refractivity contribution in [1.29, 1.82) is 0 Å². The number of rotatable bonds is 4. The monoisotopic (exact) mass is 312 g/mol. The number of hydrogen-bond donors (Lipinski definition) is 0. The van der Waals surface area contributed by atoms with Crippen molar-refractivity contribution in [2.45, 2.75) is 65.9 Å². The second kappa shape index (κ2) is 9.51. The number of amides is 1. The first-order valence-electron chi connectivity index (χ1n) is 9.13. The SMILES string of the molecule is CC.CC(=O)N1CCC2(CC1)CN(CCCC(C)C)CCO2. The maximum absolute atomic E-state index is 11.4. The van der Waals surface area contributed by atoms with Crippen LogP contribution in [-0.4, -0.2) is 60.6 Å². The lowest BCUT2D eigenvalue weighted by molar-refractivity contribution is -0.149. The largest absolute Gasteiger partial charge is 0.372 e. The van der Waals surface area contributed by atoms with Gasteiger partial charge in [0.1, 0.15) is 0 Å². The second-order valence-electron chi connectivity index (χ2n) is 6.85. The lowest BCUT2D eigenvalue weighted by Crippen LogP contribution is -2.57. The van der Waals surface area contributed by atoms with Gasteiger partial charge in [-0.15, -0.1) is 0 Å². The van der Waals surface area contributed by atoms with Crippen molar-refractivity contribution >= 4 is 5.91 Å². The van der Waals surface area contributed by atoms with Crippen molar-refractivity contribution in [2.75, 3.05) is 39.3 Å². The molecule has 1 spiro atoms. The highest BCUT2D eigenvalue weighted by Crippen LogP contribution is 2.30. The maximum atomic E-state index is 11.4.